The Kier molecular flexibility index (Phi) is 3.66. The standard InChI is InChI=1S/C17H25N3O/c1-19-11-3-4-15(12-19)20(2)16(21)17(9-10-17)13-5-7-14(18)8-6-13/h5-8,15H,3-4,9-12,18H2,1-2H3. The Labute approximate surface area is 126 Å². The lowest BCUT2D eigenvalue weighted by Crippen LogP contribution is -2.50. The monoisotopic (exact) mass is 287 g/mol. The maximum Gasteiger partial charge on any atom is 0.233 e. The van der Waals surface area contributed by atoms with Gasteiger partial charge in [0.25, 0.3) is 0 Å². The van der Waals surface area contributed by atoms with Gasteiger partial charge in [-0.3, -0.25) is 4.79 Å². The predicted molar refractivity (Wildman–Crippen MR) is 85.1 cm³/mol. The molecule has 3 rings (SSSR count). The number of nitrogens with two attached hydrogens (primary N) is 1. The molecule has 114 valence electrons. The Morgan fingerprint density at radius 2 is 2.00 bits per heavy atom. The van der Waals surface area contributed by atoms with Gasteiger partial charge in [0.05, 0.1) is 5.41 Å². The van der Waals surface area contributed by atoms with Gasteiger partial charge < -0.3 is 15.5 Å². The summed E-state index contributed by atoms with van der Waals surface area (Å²) >= 11 is 0. The van der Waals surface area contributed by atoms with Crippen LogP contribution in [0.2, 0.25) is 0 Å². The van der Waals surface area contributed by atoms with Gasteiger partial charge >= 0.3 is 0 Å². The van der Waals surface area contributed by atoms with Crippen molar-refractivity contribution in [1.29, 1.82) is 0 Å². The van der Waals surface area contributed by atoms with Crippen molar-refractivity contribution in [1.82, 2.24) is 9.80 Å². The zero-order valence-electron chi connectivity index (χ0n) is 13.0. The Morgan fingerprint density at radius 1 is 1.33 bits per heavy atom. The molecule has 1 saturated carbocycles. The maximum atomic E-state index is 13.0. The van der Waals surface area contributed by atoms with Crippen molar-refractivity contribution in [3.8, 4) is 0 Å². The quantitative estimate of drug-likeness (QED) is 0.863. The number of benzene rings is 1. The first-order chi connectivity index (χ1) is 10.0. The van der Waals surface area contributed by atoms with E-state index in [-0.39, 0.29) is 11.3 Å². The van der Waals surface area contributed by atoms with Crippen LogP contribution in [-0.2, 0) is 10.2 Å². The van der Waals surface area contributed by atoms with Crippen LogP contribution < -0.4 is 5.73 Å². The Morgan fingerprint density at radius 3 is 2.57 bits per heavy atom. The number of likely N-dealkylation sites (tertiary alicyclic amines) is 1. The summed E-state index contributed by atoms with van der Waals surface area (Å²) in [6, 6.07) is 8.18. The fraction of sp³-hybridized carbons (Fsp3) is 0.588. The van der Waals surface area contributed by atoms with Crippen molar-refractivity contribution in [3.63, 3.8) is 0 Å². The highest BCUT2D eigenvalue weighted by Crippen LogP contribution is 2.50. The fourth-order valence-corrected chi connectivity index (χ4v) is 3.51. The van der Waals surface area contributed by atoms with E-state index in [1.807, 2.05) is 36.2 Å². The topological polar surface area (TPSA) is 49.6 Å². The number of nitrogens with zero attached hydrogens (tertiary/aromatic N) is 2. The number of carbonyl (C=O) groups excluding carboxylic acids is 1. The van der Waals surface area contributed by atoms with Gasteiger partial charge in [-0.15, -0.1) is 0 Å². The molecule has 1 heterocycles. The average molecular weight is 287 g/mol. The molecule has 0 radical (unpaired) electrons. The molecule has 0 spiro atoms. The molecule has 1 saturated heterocycles. The van der Waals surface area contributed by atoms with Crippen LogP contribution in [0.3, 0.4) is 0 Å². The molecular formula is C17H25N3O. The number of carbonyl (C=O) groups is 1. The van der Waals surface area contributed by atoms with E-state index in [1.54, 1.807) is 0 Å². The number of piperidine rings is 1. The van der Waals surface area contributed by atoms with Crippen molar-refractivity contribution >= 4 is 11.6 Å². The number of rotatable bonds is 3. The van der Waals surface area contributed by atoms with Gasteiger partial charge in [0.1, 0.15) is 0 Å². The van der Waals surface area contributed by atoms with E-state index in [0.29, 0.717) is 6.04 Å². The van der Waals surface area contributed by atoms with Gasteiger partial charge in [0, 0.05) is 25.3 Å². The van der Waals surface area contributed by atoms with Crippen molar-refractivity contribution in [3.05, 3.63) is 29.8 Å². The van der Waals surface area contributed by atoms with Crippen LogP contribution in [0.15, 0.2) is 24.3 Å². The van der Waals surface area contributed by atoms with Gasteiger partial charge in [0.2, 0.25) is 5.91 Å². The average Bonchev–Trinajstić information content (AvgIpc) is 3.28. The summed E-state index contributed by atoms with van der Waals surface area (Å²) in [7, 11) is 4.11. The minimum absolute atomic E-state index is 0.279. The van der Waals surface area contributed by atoms with E-state index in [9.17, 15) is 4.79 Å². The summed E-state index contributed by atoms with van der Waals surface area (Å²) in [5.41, 5.74) is 7.36. The molecule has 4 nitrogen and oxygen atoms in total. The molecule has 1 aliphatic heterocycles. The summed E-state index contributed by atoms with van der Waals surface area (Å²) in [4.78, 5) is 17.3. The molecule has 1 aromatic carbocycles. The van der Waals surface area contributed by atoms with E-state index < -0.39 is 0 Å². The van der Waals surface area contributed by atoms with Crippen LogP contribution in [0.1, 0.15) is 31.2 Å². The molecule has 4 heteroatoms. The Hall–Kier alpha value is -1.55. The van der Waals surface area contributed by atoms with E-state index in [2.05, 4.69) is 11.9 Å². The summed E-state index contributed by atoms with van der Waals surface area (Å²) in [6.45, 7) is 2.13. The molecular weight excluding hydrogens is 262 g/mol. The van der Waals surface area contributed by atoms with Gasteiger partial charge in [-0.1, -0.05) is 12.1 Å². The zero-order valence-corrected chi connectivity index (χ0v) is 13.0. The first-order valence-electron chi connectivity index (χ1n) is 7.85. The summed E-state index contributed by atoms with van der Waals surface area (Å²) in [5, 5.41) is 0. The van der Waals surface area contributed by atoms with Crippen molar-refractivity contribution < 1.29 is 4.79 Å². The van der Waals surface area contributed by atoms with Crippen LogP contribution in [0.5, 0.6) is 0 Å². The van der Waals surface area contributed by atoms with Crippen LogP contribution >= 0.6 is 0 Å². The third kappa shape index (κ3) is 2.64. The summed E-state index contributed by atoms with van der Waals surface area (Å²) < 4.78 is 0. The van der Waals surface area contributed by atoms with Crippen molar-refractivity contribution in [2.45, 2.75) is 37.1 Å². The lowest BCUT2D eigenvalue weighted by molar-refractivity contribution is -0.135. The number of hydrogen-bond acceptors (Lipinski definition) is 3. The SMILES string of the molecule is CN1CCCC(N(C)C(=O)C2(c3ccc(N)cc3)CC2)C1. The van der Waals surface area contributed by atoms with E-state index in [0.717, 1.165) is 43.6 Å². The van der Waals surface area contributed by atoms with Crippen LogP contribution in [-0.4, -0.2) is 48.9 Å². The van der Waals surface area contributed by atoms with Gasteiger partial charge in [0.15, 0.2) is 0 Å². The Balaban J connectivity index is 1.76. The van der Waals surface area contributed by atoms with Crippen LogP contribution in [0.4, 0.5) is 5.69 Å². The van der Waals surface area contributed by atoms with E-state index >= 15 is 0 Å². The number of amides is 1. The van der Waals surface area contributed by atoms with E-state index in [4.69, 9.17) is 5.73 Å². The van der Waals surface area contributed by atoms with Gasteiger partial charge in [-0.2, -0.15) is 0 Å². The lowest BCUT2D eigenvalue weighted by Gasteiger charge is -2.37. The third-order valence-electron chi connectivity index (χ3n) is 5.09. The molecule has 2 fully saturated rings. The first-order valence-corrected chi connectivity index (χ1v) is 7.85. The second kappa shape index (κ2) is 5.34. The number of nitrogen functional groups attached to an aromatic ring is 1. The predicted octanol–water partition coefficient (Wildman–Crippen LogP) is 1.85. The summed E-state index contributed by atoms with van der Waals surface area (Å²) in [5.74, 6) is 0.285. The van der Waals surface area contributed by atoms with Gasteiger partial charge in [-0.25, -0.2) is 0 Å². The molecule has 1 amide bonds. The molecule has 1 aromatic rings. The third-order valence-corrected chi connectivity index (χ3v) is 5.09. The van der Waals surface area contributed by atoms with Crippen LogP contribution in [0.25, 0.3) is 0 Å². The molecule has 0 bridgehead atoms. The molecule has 2 N–H and O–H groups in total. The smallest absolute Gasteiger partial charge is 0.233 e. The minimum Gasteiger partial charge on any atom is -0.399 e. The highest BCUT2D eigenvalue weighted by molar-refractivity contribution is 5.91. The highest BCUT2D eigenvalue weighted by atomic mass is 16.2. The minimum atomic E-state index is -0.279. The molecule has 21 heavy (non-hydrogen) atoms. The number of anilines is 1. The van der Waals surface area contributed by atoms with Crippen molar-refractivity contribution in [2.24, 2.45) is 0 Å². The zero-order chi connectivity index (χ0) is 15.0. The van der Waals surface area contributed by atoms with Crippen LogP contribution in [0, 0.1) is 0 Å². The lowest BCUT2D eigenvalue weighted by atomic mass is 9.93. The molecule has 2 aliphatic rings. The number of hydrogen-bond donors (Lipinski definition) is 1. The molecule has 1 unspecified atom stereocenters. The molecule has 1 atom stereocenters. The Bertz CT molecular complexity index is 521. The second-order valence-corrected chi connectivity index (χ2v) is 6.68. The van der Waals surface area contributed by atoms with Crippen molar-refractivity contribution in [2.75, 3.05) is 32.9 Å². The first kappa shape index (κ1) is 14.4. The normalized spacial score (nSPS) is 24.6. The highest BCUT2D eigenvalue weighted by Gasteiger charge is 2.53. The fourth-order valence-electron chi connectivity index (χ4n) is 3.51. The maximum absolute atomic E-state index is 13.0. The van der Waals surface area contributed by atoms with E-state index in [1.165, 1.54) is 6.42 Å². The summed E-state index contributed by atoms with van der Waals surface area (Å²) in [6.07, 6.45) is 4.21. The second-order valence-electron chi connectivity index (χ2n) is 6.68. The molecule has 0 aromatic heterocycles. The number of likely N-dealkylation sites (N-methyl/N-ethyl adjacent to an activating group) is 2. The van der Waals surface area contributed by atoms with Gasteiger partial charge in [-0.05, 0) is 57.0 Å². The molecule has 1 aliphatic carbocycles. The largest absolute Gasteiger partial charge is 0.399 e.